The summed E-state index contributed by atoms with van der Waals surface area (Å²) in [6, 6.07) is 6.13. The summed E-state index contributed by atoms with van der Waals surface area (Å²) in [5.74, 6) is 2.99. The van der Waals surface area contributed by atoms with Gasteiger partial charge < -0.3 is 14.6 Å². The third-order valence-electron chi connectivity index (χ3n) is 13.7. The molecule has 0 saturated heterocycles. The first-order valence-electron chi connectivity index (χ1n) is 16.4. The topological polar surface area (TPSA) is 72.8 Å². The smallest absolute Gasteiger partial charge is 0.311 e. The van der Waals surface area contributed by atoms with Crippen LogP contribution < -0.4 is 4.74 Å². The number of aliphatic hydroxyl groups excluding tert-OH is 1. The molecule has 0 aromatic heterocycles. The number of aliphatic hydroxyl groups is 1. The molecule has 6 unspecified atom stereocenters. The van der Waals surface area contributed by atoms with E-state index in [0.29, 0.717) is 41.4 Å². The van der Waals surface area contributed by atoms with Crippen LogP contribution >= 0.6 is 12.6 Å². The van der Waals surface area contributed by atoms with E-state index >= 15 is 0 Å². The predicted molar refractivity (Wildman–Crippen MR) is 161 cm³/mol. The Labute approximate surface area is 250 Å². The highest BCUT2D eigenvalue weighted by Gasteiger charge is 2.67. The van der Waals surface area contributed by atoms with E-state index in [9.17, 15) is 14.7 Å². The molecule has 2 bridgehead atoms. The molecule has 1 spiro atoms. The van der Waals surface area contributed by atoms with Crippen molar-refractivity contribution in [3.63, 3.8) is 0 Å². The van der Waals surface area contributed by atoms with Gasteiger partial charge in [0, 0.05) is 4.75 Å². The first-order chi connectivity index (χ1) is 19.5. The van der Waals surface area contributed by atoms with Crippen LogP contribution in [0.3, 0.4) is 0 Å². The second-order valence-corrected chi connectivity index (χ2v) is 16.4. The quantitative estimate of drug-likeness (QED) is 0.206. The minimum absolute atomic E-state index is 0.0223. The molecule has 5 fully saturated rings. The summed E-state index contributed by atoms with van der Waals surface area (Å²) in [7, 11) is 0. The van der Waals surface area contributed by atoms with Crippen molar-refractivity contribution >= 4 is 24.6 Å². The lowest BCUT2D eigenvalue weighted by Gasteiger charge is -2.57. The molecule has 0 heterocycles. The van der Waals surface area contributed by atoms with Crippen LogP contribution in [0, 0.1) is 39.9 Å². The van der Waals surface area contributed by atoms with Crippen LogP contribution in [0.4, 0.5) is 0 Å². The zero-order chi connectivity index (χ0) is 28.8. The van der Waals surface area contributed by atoms with Gasteiger partial charge in [-0.3, -0.25) is 9.59 Å². The molecule has 1 aromatic rings. The largest absolute Gasteiger partial charge is 0.466 e. The summed E-state index contributed by atoms with van der Waals surface area (Å²) in [5, 5.41) is 10.7. The minimum Gasteiger partial charge on any atom is -0.466 e. The van der Waals surface area contributed by atoms with Crippen LogP contribution in [0.5, 0.6) is 5.75 Å². The maximum Gasteiger partial charge on any atom is 0.311 e. The molecule has 5 nitrogen and oxygen atoms in total. The average Bonchev–Trinajstić information content (AvgIpc) is 3.32. The summed E-state index contributed by atoms with van der Waals surface area (Å²) < 4.78 is 11.2. The number of hydrogen-bond acceptors (Lipinski definition) is 6. The van der Waals surface area contributed by atoms with Gasteiger partial charge in [0.25, 0.3) is 0 Å². The molecule has 5 saturated carbocycles. The molecular weight excluding hydrogens is 532 g/mol. The molecule has 6 heteroatoms. The van der Waals surface area contributed by atoms with Gasteiger partial charge in [0.1, 0.15) is 5.75 Å². The van der Waals surface area contributed by atoms with E-state index in [1.807, 2.05) is 12.1 Å². The van der Waals surface area contributed by atoms with E-state index in [4.69, 9.17) is 22.1 Å². The van der Waals surface area contributed by atoms with E-state index in [-0.39, 0.29) is 40.5 Å². The summed E-state index contributed by atoms with van der Waals surface area (Å²) >= 11 is 5.16. The summed E-state index contributed by atoms with van der Waals surface area (Å²) in [5.41, 5.74) is 3.55. The number of fused-ring (bicyclic) bond motifs is 6. The molecule has 0 aliphatic heterocycles. The van der Waals surface area contributed by atoms with Gasteiger partial charge >= 0.3 is 11.9 Å². The number of esters is 2. The SMILES string of the molecule is CC1CC23CC2CC(C3)C1(S)CCOC(=O)CCC(=O)Oc1ccc2c(c1)CCC1(C)[C@@H]2CC[C@]2(C)[C@@H](O)CC[C@@H]12. The number of carbonyl (C=O) groups is 2. The molecule has 41 heavy (non-hydrogen) atoms. The molecule has 0 radical (unpaired) electrons. The van der Waals surface area contributed by atoms with Gasteiger partial charge in [-0.05, 0) is 140 Å². The zero-order valence-electron chi connectivity index (χ0n) is 25.1. The number of ether oxygens (including phenoxy) is 2. The maximum atomic E-state index is 12.6. The summed E-state index contributed by atoms with van der Waals surface area (Å²) in [6.07, 6.45) is 12.3. The molecule has 224 valence electrons. The van der Waals surface area contributed by atoms with Gasteiger partial charge in [0.2, 0.25) is 0 Å². The lowest BCUT2D eigenvalue weighted by molar-refractivity contribution is -0.147. The monoisotopic (exact) mass is 580 g/mol. The maximum absolute atomic E-state index is 12.6. The zero-order valence-corrected chi connectivity index (χ0v) is 26.0. The molecule has 6 aliphatic rings. The van der Waals surface area contributed by atoms with Crippen molar-refractivity contribution in [2.75, 3.05) is 6.61 Å². The number of benzene rings is 1. The predicted octanol–water partition coefficient (Wildman–Crippen LogP) is 7.04. The highest BCUT2D eigenvalue weighted by molar-refractivity contribution is 7.81. The van der Waals surface area contributed by atoms with Crippen molar-refractivity contribution in [1.29, 1.82) is 0 Å². The normalized spacial score (nSPS) is 45.2. The molecule has 1 N–H and O–H groups in total. The third kappa shape index (κ3) is 4.43. The molecule has 7 rings (SSSR count). The second-order valence-electron chi connectivity index (χ2n) is 15.6. The average molecular weight is 581 g/mol. The lowest BCUT2D eigenvalue weighted by Crippen LogP contribution is -2.50. The molecule has 10 atom stereocenters. The first kappa shape index (κ1) is 28.3. The molecular formula is C35H48O5S. The molecule has 0 amide bonds. The van der Waals surface area contributed by atoms with Crippen molar-refractivity contribution < 1.29 is 24.2 Å². The third-order valence-corrected chi connectivity index (χ3v) is 14.7. The Morgan fingerprint density at radius 3 is 2.61 bits per heavy atom. The van der Waals surface area contributed by atoms with Gasteiger partial charge in [-0.1, -0.05) is 26.8 Å². The minimum atomic E-state index is -0.391. The fourth-order valence-electron chi connectivity index (χ4n) is 11.2. The summed E-state index contributed by atoms with van der Waals surface area (Å²) in [4.78, 5) is 25.1. The highest BCUT2D eigenvalue weighted by atomic mass is 32.1. The Kier molecular flexibility index (Phi) is 6.71. The highest BCUT2D eigenvalue weighted by Crippen LogP contribution is 2.75. The Bertz CT molecular complexity index is 1250. The number of aryl methyl sites for hydroxylation is 1. The van der Waals surface area contributed by atoms with Gasteiger partial charge in [-0.2, -0.15) is 12.6 Å². The lowest BCUT2D eigenvalue weighted by atomic mass is 9.48. The van der Waals surface area contributed by atoms with Crippen LogP contribution in [-0.2, 0) is 20.7 Å². The van der Waals surface area contributed by atoms with Gasteiger partial charge in [0.15, 0.2) is 0 Å². The van der Waals surface area contributed by atoms with Crippen molar-refractivity contribution in [2.45, 2.75) is 121 Å². The van der Waals surface area contributed by atoms with Crippen molar-refractivity contribution in [2.24, 2.45) is 39.9 Å². The van der Waals surface area contributed by atoms with Gasteiger partial charge in [0.05, 0.1) is 25.6 Å². The fraction of sp³-hybridized carbons (Fsp3) is 0.771. The van der Waals surface area contributed by atoms with Crippen molar-refractivity contribution in [3.8, 4) is 5.75 Å². The number of rotatable bonds is 7. The summed E-state index contributed by atoms with van der Waals surface area (Å²) in [6.45, 7) is 7.46. The first-order valence-corrected chi connectivity index (χ1v) is 16.8. The fourth-order valence-corrected chi connectivity index (χ4v) is 11.6. The van der Waals surface area contributed by atoms with E-state index in [2.05, 4.69) is 26.8 Å². The Hall–Kier alpha value is -1.53. The molecule has 6 aliphatic carbocycles. The standard InChI is InChI=1S/C35H48O5S/c1-21-18-34-19-23(34)17-24(20-34)35(21,41)14-15-39-30(37)8-9-31(38)40-25-4-5-26-22(16-25)10-12-32(2)27(26)11-13-33(3)28(32)6-7-29(33)36/h4-5,16,21,23-24,27-29,36,41H,6-15,17-20H2,1-3H3/t21?,23?,24?,27-,28+,29+,32?,33+,34?,35?/m1/s1. The van der Waals surface area contributed by atoms with E-state index in [1.165, 1.54) is 36.8 Å². The molecule has 1 aromatic carbocycles. The van der Waals surface area contributed by atoms with Crippen LogP contribution in [-0.4, -0.2) is 34.5 Å². The number of carbonyl (C=O) groups excluding carboxylic acids is 2. The van der Waals surface area contributed by atoms with E-state index < -0.39 is 5.97 Å². The van der Waals surface area contributed by atoms with E-state index in [0.717, 1.165) is 50.9 Å². The Balaban J connectivity index is 0.897. The van der Waals surface area contributed by atoms with Crippen LogP contribution in [0.25, 0.3) is 0 Å². The van der Waals surface area contributed by atoms with Crippen LogP contribution in [0.1, 0.15) is 115 Å². The Morgan fingerprint density at radius 1 is 1.00 bits per heavy atom. The van der Waals surface area contributed by atoms with Crippen molar-refractivity contribution in [1.82, 2.24) is 0 Å². The second kappa shape index (κ2) is 9.74. The van der Waals surface area contributed by atoms with Crippen molar-refractivity contribution in [3.05, 3.63) is 29.3 Å². The van der Waals surface area contributed by atoms with E-state index in [1.54, 1.807) is 0 Å². The van der Waals surface area contributed by atoms with Gasteiger partial charge in [-0.25, -0.2) is 0 Å². The number of hydrogen-bond donors (Lipinski definition) is 2. The van der Waals surface area contributed by atoms with Crippen LogP contribution in [0.15, 0.2) is 18.2 Å². The van der Waals surface area contributed by atoms with Crippen LogP contribution in [0.2, 0.25) is 0 Å². The Morgan fingerprint density at radius 2 is 1.78 bits per heavy atom. The van der Waals surface area contributed by atoms with Gasteiger partial charge in [-0.15, -0.1) is 0 Å². The number of thiol groups is 1.